The van der Waals surface area contributed by atoms with Gasteiger partial charge in [-0.05, 0) is 29.5 Å². The zero-order valence-corrected chi connectivity index (χ0v) is 17.7. The van der Waals surface area contributed by atoms with E-state index in [2.05, 4.69) is 97.1 Å². The molecule has 0 amide bonds. The number of unbranched alkanes of at least 4 members (excludes halogenated alkanes) is 6. The Bertz CT molecular complexity index is 788. The van der Waals surface area contributed by atoms with Gasteiger partial charge in [0.1, 0.15) is 5.60 Å². The fourth-order valence-electron chi connectivity index (χ4n) is 4.01. The summed E-state index contributed by atoms with van der Waals surface area (Å²) >= 11 is 0. The number of hydrogen-bond acceptors (Lipinski definition) is 2. The summed E-state index contributed by atoms with van der Waals surface area (Å²) in [6.45, 7) is 0.705. The Labute approximate surface area is 181 Å². The van der Waals surface area contributed by atoms with Gasteiger partial charge in [-0.25, -0.2) is 0 Å². The molecule has 0 saturated heterocycles. The van der Waals surface area contributed by atoms with Crippen LogP contribution in [0.1, 0.15) is 61.6 Å². The molecule has 0 fully saturated rings. The lowest BCUT2D eigenvalue weighted by Gasteiger charge is -2.36. The van der Waals surface area contributed by atoms with Gasteiger partial charge in [-0.2, -0.15) is 5.26 Å². The van der Waals surface area contributed by atoms with Crippen LogP contribution in [0.25, 0.3) is 0 Å². The van der Waals surface area contributed by atoms with E-state index in [0.29, 0.717) is 13.0 Å². The summed E-state index contributed by atoms with van der Waals surface area (Å²) in [6, 6.07) is 33.9. The van der Waals surface area contributed by atoms with E-state index in [-0.39, 0.29) is 0 Å². The molecule has 0 spiro atoms. The highest BCUT2D eigenvalue weighted by atomic mass is 16.5. The lowest BCUT2D eigenvalue weighted by Crippen LogP contribution is -2.33. The topological polar surface area (TPSA) is 33.0 Å². The van der Waals surface area contributed by atoms with Crippen LogP contribution in [-0.2, 0) is 10.3 Å². The molecule has 0 aliphatic rings. The summed E-state index contributed by atoms with van der Waals surface area (Å²) in [5.41, 5.74) is 2.84. The quantitative estimate of drug-likeness (QED) is 0.238. The molecule has 0 N–H and O–H groups in total. The maximum Gasteiger partial charge on any atom is 0.143 e. The molecule has 0 atom stereocenters. The SMILES string of the molecule is N#CCCCCCCCCOC(c1ccccc1)(c1ccccc1)c1ccccc1. The molecule has 3 aromatic carbocycles. The predicted octanol–water partition coefficient (Wildman–Crippen LogP) is 7.25. The average Bonchev–Trinajstić information content (AvgIpc) is 2.82. The van der Waals surface area contributed by atoms with Gasteiger partial charge in [0.2, 0.25) is 0 Å². The van der Waals surface area contributed by atoms with Crippen molar-refractivity contribution in [2.75, 3.05) is 6.61 Å². The standard InChI is InChI=1S/C28H31NO/c29-23-15-4-2-1-3-5-16-24-30-28(25-17-9-6-10-18-25,26-19-11-7-12-20-26)27-21-13-8-14-22-27/h6-14,17-22H,1-5,15-16,24H2. The molecule has 0 aliphatic carbocycles. The van der Waals surface area contributed by atoms with Gasteiger partial charge in [-0.1, -0.05) is 117 Å². The summed E-state index contributed by atoms with van der Waals surface area (Å²) in [5.74, 6) is 0. The van der Waals surface area contributed by atoms with Gasteiger partial charge in [0.15, 0.2) is 0 Å². The Kier molecular flexibility index (Phi) is 8.69. The van der Waals surface area contributed by atoms with Crippen LogP contribution < -0.4 is 0 Å². The van der Waals surface area contributed by atoms with E-state index < -0.39 is 5.60 Å². The highest BCUT2D eigenvalue weighted by molar-refractivity contribution is 5.47. The van der Waals surface area contributed by atoms with Crippen molar-refractivity contribution < 1.29 is 4.74 Å². The second kappa shape index (κ2) is 12.0. The van der Waals surface area contributed by atoms with E-state index in [1.165, 1.54) is 12.8 Å². The number of nitrogens with zero attached hydrogens (tertiary/aromatic N) is 1. The lowest BCUT2D eigenvalue weighted by atomic mass is 9.80. The van der Waals surface area contributed by atoms with Crippen LogP contribution >= 0.6 is 0 Å². The smallest absolute Gasteiger partial charge is 0.143 e. The summed E-state index contributed by atoms with van der Waals surface area (Å²) in [7, 11) is 0. The van der Waals surface area contributed by atoms with Gasteiger partial charge < -0.3 is 4.74 Å². The third-order valence-corrected chi connectivity index (χ3v) is 5.54. The zero-order chi connectivity index (χ0) is 20.9. The van der Waals surface area contributed by atoms with Crippen molar-refractivity contribution in [3.8, 4) is 6.07 Å². The van der Waals surface area contributed by atoms with Crippen LogP contribution in [0, 0.1) is 11.3 Å². The van der Waals surface area contributed by atoms with Gasteiger partial charge in [0.25, 0.3) is 0 Å². The monoisotopic (exact) mass is 397 g/mol. The molecule has 30 heavy (non-hydrogen) atoms. The Hall–Kier alpha value is -2.89. The lowest BCUT2D eigenvalue weighted by molar-refractivity contribution is 0.0106. The van der Waals surface area contributed by atoms with Crippen molar-refractivity contribution in [3.63, 3.8) is 0 Å². The third-order valence-electron chi connectivity index (χ3n) is 5.54. The average molecular weight is 398 g/mol. The van der Waals surface area contributed by atoms with E-state index >= 15 is 0 Å². The van der Waals surface area contributed by atoms with Crippen LogP contribution in [0.2, 0.25) is 0 Å². The van der Waals surface area contributed by atoms with E-state index in [9.17, 15) is 0 Å². The number of rotatable bonds is 12. The molecular formula is C28H31NO. The van der Waals surface area contributed by atoms with E-state index in [1.807, 2.05) is 0 Å². The fraction of sp³-hybridized carbons (Fsp3) is 0.321. The van der Waals surface area contributed by atoms with Gasteiger partial charge >= 0.3 is 0 Å². The van der Waals surface area contributed by atoms with Crippen LogP contribution in [-0.4, -0.2) is 6.61 Å². The first kappa shape index (κ1) is 21.8. The fourth-order valence-corrected chi connectivity index (χ4v) is 4.01. The molecule has 2 heteroatoms. The molecule has 2 nitrogen and oxygen atoms in total. The number of hydrogen-bond donors (Lipinski definition) is 0. The Morgan fingerprint density at radius 2 is 0.967 bits per heavy atom. The minimum absolute atomic E-state index is 0.615. The molecule has 0 aromatic heterocycles. The number of benzene rings is 3. The van der Waals surface area contributed by atoms with Gasteiger partial charge in [0.05, 0.1) is 6.07 Å². The Balaban J connectivity index is 1.77. The molecule has 0 radical (unpaired) electrons. The molecule has 154 valence electrons. The van der Waals surface area contributed by atoms with E-state index in [0.717, 1.165) is 42.4 Å². The van der Waals surface area contributed by atoms with Crippen LogP contribution in [0.5, 0.6) is 0 Å². The van der Waals surface area contributed by atoms with Crippen LogP contribution in [0.3, 0.4) is 0 Å². The maximum absolute atomic E-state index is 8.63. The Morgan fingerprint density at radius 1 is 0.567 bits per heavy atom. The van der Waals surface area contributed by atoms with E-state index in [4.69, 9.17) is 10.00 Å². The summed E-state index contributed by atoms with van der Waals surface area (Å²) in [4.78, 5) is 0. The molecule has 0 aliphatic heterocycles. The molecule has 0 heterocycles. The molecular weight excluding hydrogens is 366 g/mol. The normalized spacial score (nSPS) is 11.2. The predicted molar refractivity (Wildman–Crippen MR) is 123 cm³/mol. The second-order valence-electron chi connectivity index (χ2n) is 7.66. The number of nitriles is 1. The first-order chi connectivity index (χ1) is 14.9. The second-order valence-corrected chi connectivity index (χ2v) is 7.66. The Morgan fingerprint density at radius 3 is 1.40 bits per heavy atom. The molecule has 0 unspecified atom stereocenters. The number of ether oxygens (including phenoxy) is 1. The van der Waals surface area contributed by atoms with Crippen molar-refractivity contribution >= 4 is 0 Å². The first-order valence-corrected chi connectivity index (χ1v) is 11.1. The van der Waals surface area contributed by atoms with Crippen LogP contribution in [0.4, 0.5) is 0 Å². The van der Waals surface area contributed by atoms with Crippen LogP contribution in [0.15, 0.2) is 91.0 Å². The van der Waals surface area contributed by atoms with Gasteiger partial charge in [-0.3, -0.25) is 0 Å². The van der Waals surface area contributed by atoms with Crippen molar-refractivity contribution in [3.05, 3.63) is 108 Å². The summed E-state index contributed by atoms with van der Waals surface area (Å²) in [5, 5.41) is 8.63. The first-order valence-electron chi connectivity index (χ1n) is 11.1. The van der Waals surface area contributed by atoms with Crippen molar-refractivity contribution in [1.82, 2.24) is 0 Å². The minimum Gasteiger partial charge on any atom is -0.361 e. The van der Waals surface area contributed by atoms with Gasteiger partial charge in [-0.15, -0.1) is 0 Å². The third kappa shape index (κ3) is 5.59. The highest BCUT2D eigenvalue weighted by Gasteiger charge is 2.37. The van der Waals surface area contributed by atoms with Crippen molar-refractivity contribution in [2.24, 2.45) is 0 Å². The highest BCUT2D eigenvalue weighted by Crippen LogP contribution is 2.40. The summed E-state index contributed by atoms with van der Waals surface area (Å²) in [6.07, 6.45) is 7.43. The van der Waals surface area contributed by atoms with Gasteiger partial charge in [0, 0.05) is 13.0 Å². The molecule has 0 saturated carbocycles. The van der Waals surface area contributed by atoms with Crippen molar-refractivity contribution in [2.45, 2.75) is 50.5 Å². The zero-order valence-electron chi connectivity index (χ0n) is 17.7. The molecule has 3 aromatic rings. The summed E-state index contributed by atoms with van der Waals surface area (Å²) < 4.78 is 6.79. The molecule has 3 rings (SSSR count). The van der Waals surface area contributed by atoms with Crippen molar-refractivity contribution in [1.29, 1.82) is 5.26 Å². The molecule has 0 bridgehead atoms. The largest absolute Gasteiger partial charge is 0.361 e. The maximum atomic E-state index is 8.63. The minimum atomic E-state index is -0.615. The van der Waals surface area contributed by atoms with E-state index in [1.54, 1.807) is 0 Å².